The monoisotopic (exact) mass is 365 g/mol. The van der Waals surface area contributed by atoms with Crippen molar-refractivity contribution in [1.82, 2.24) is 10.3 Å². The number of carbonyl (C=O) groups excluding carboxylic acids is 2. The zero-order valence-corrected chi connectivity index (χ0v) is 14.2. The first kappa shape index (κ1) is 19.3. The minimum absolute atomic E-state index is 0.0908. The minimum atomic E-state index is -4.54. The van der Waals surface area contributed by atoms with Crippen LogP contribution < -0.4 is 10.4 Å². The second-order valence-electron chi connectivity index (χ2n) is 5.78. The van der Waals surface area contributed by atoms with Crippen LogP contribution in [0.1, 0.15) is 16.7 Å². The highest BCUT2D eigenvalue weighted by atomic mass is 19.4. The van der Waals surface area contributed by atoms with Crippen LogP contribution in [0.2, 0.25) is 0 Å². The number of rotatable bonds is 5. The quantitative estimate of drug-likeness (QED) is 0.648. The number of nitrogens with zero attached hydrogens (tertiary/aromatic N) is 2. The highest BCUT2D eigenvalue weighted by Crippen LogP contribution is 2.31. The third-order valence-electron chi connectivity index (χ3n) is 3.66. The van der Waals surface area contributed by atoms with Gasteiger partial charge in [-0.25, -0.2) is 15.2 Å². The summed E-state index contributed by atoms with van der Waals surface area (Å²) in [6.07, 6.45) is -4.30. The van der Waals surface area contributed by atoms with Gasteiger partial charge >= 0.3 is 12.2 Å². The zero-order chi connectivity index (χ0) is 19.3. The average molecular weight is 365 g/mol. The fraction of sp³-hybridized carbons (Fsp3) is 0.222. The molecule has 2 aromatic rings. The molecule has 0 saturated carbocycles. The second kappa shape index (κ2) is 7.90. The molecule has 0 aromatic heterocycles. The first-order chi connectivity index (χ1) is 12.2. The van der Waals surface area contributed by atoms with E-state index in [0.29, 0.717) is 5.01 Å². The van der Waals surface area contributed by atoms with Gasteiger partial charge in [0, 0.05) is 13.6 Å². The fourth-order valence-corrected chi connectivity index (χ4v) is 2.21. The number of hydrazine groups is 1. The number of halogens is 3. The van der Waals surface area contributed by atoms with Crippen LogP contribution in [-0.2, 0) is 17.5 Å². The van der Waals surface area contributed by atoms with Gasteiger partial charge in [-0.2, -0.15) is 13.2 Å². The van der Waals surface area contributed by atoms with E-state index in [9.17, 15) is 22.8 Å². The molecule has 0 fully saturated rings. The average Bonchev–Trinajstić information content (AvgIpc) is 2.60. The van der Waals surface area contributed by atoms with Crippen molar-refractivity contribution in [2.45, 2.75) is 19.6 Å². The molecule has 0 bridgehead atoms. The van der Waals surface area contributed by atoms with Crippen LogP contribution in [0.25, 0.3) is 0 Å². The van der Waals surface area contributed by atoms with Crippen LogP contribution in [-0.4, -0.2) is 24.4 Å². The smallest absolute Gasteiger partial charge is 0.322 e. The Labute approximate surface area is 149 Å². The Kier molecular flexibility index (Phi) is 5.86. The number of nitrogens with one attached hydrogen (secondary N) is 1. The van der Waals surface area contributed by atoms with Crippen molar-refractivity contribution in [3.05, 3.63) is 65.2 Å². The number of alkyl halides is 3. The van der Waals surface area contributed by atoms with E-state index in [0.717, 1.165) is 29.3 Å². The second-order valence-corrected chi connectivity index (χ2v) is 5.78. The van der Waals surface area contributed by atoms with E-state index in [1.807, 2.05) is 31.2 Å². The predicted molar refractivity (Wildman–Crippen MR) is 91.2 cm³/mol. The molecule has 0 aliphatic carbocycles. The summed E-state index contributed by atoms with van der Waals surface area (Å²) in [5.41, 5.74) is 3.23. The summed E-state index contributed by atoms with van der Waals surface area (Å²) in [7, 11) is 1.52. The van der Waals surface area contributed by atoms with Crippen LogP contribution in [0.4, 0.5) is 23.7 Å². The molecule has 5 nitrogen and oxygen atoms in total. The normalized spacial score (nSPS) is 11.0. The minimum Gasteiger partial charge on any atom is -0.322 e. The molecular formula is C18H18F3N3O2. The highest BCUT2D eigenvalue weighted by molar-refractivity contribution is 5.84. The third kappa shape index (κ3) is 4.98. The number of aryl methyl sites for hydroxylation is 1. The van der Waals surface area contributed by atoms with Crippen LogP contribution in [0.15, 0.2) is 48.5 Å². The summed E-state index contributed by atoms with van der Waals surface area (Å²) in [4.78, 5) is 24.8. The molecule has 0 heterocycles. The molecule has 0 radical (unpaired) electrons. The number of hydrogen-bond donors (Lipinski definition) is 1. The number of benzene rings is 2. The maximum atomic E-state index is 12.8. The SMILES string of the molecule is Cc1ccc(CN(C)C(=O)NN(C=O)c2cccc(C(F)(F)F)c2)cc1. The summed E-state index contributed by atoms with van der Waals surface area (Å²) in [6, 6.07) is 11.0. The van der Waals surface area contributed by atoms with Gasteiger partial charge < -0.3 is 4.90 Å². The molecular weight excluding hydrogens is 347 g/mol. The van der Waals surface area contributed by atoms with Gasteiger partial charge in [0.2, 0.25) is 6.41 Å². The van der Waals surface area contributed by atoms with Crippen molar-refractivity contribution in [3.63, 3.8) is 0 Å². The summed E-state index contributed by atoms with van der Waals surface area (Å²) in [5, 5.41) is 0.712. The lowest BCUT2D eigenvalue weighted by molar-refractivity contribution is -0.137. The van der Waals surface area contributed by atoms with Crippen LogP contribution >= 0.6 is 0 Å². The van der Waals surface area contributed by atoms with E-state index < -0.39 is 17.8 Å². The van der Waals surface area contributed by atoms with Crippen LogP contribution in [0.5, 0.6) is 0 Å². The number of carbonyl (C=O) groups is 2. The van der Waals surface area contributed by atoms with Gasteiger partial charge in [0.25, 0.3) is 0 Å². The lowest BCUT2D eigenvalue weighted by Crippen LogP contribution is -2.47. The van der Waals surface area contributed by atoms with E-state index in [-0.39, 0.29) is 18.6 Å². The lowest BCUT2D eigenvalue weighted by atomic mass is 10.1. The molecule has 8 heteroatoms. The Morgan fingerprint density at radius 2 is 1.81 bits per heavy atom. The summed E-state index contributed by atoms with van der Waals surface area (Å²) < 4.78 is 38.4. The van der Waals surface area contributed by atoms with Crippen molar-refractivity contribution >= 4 is 18.1 Å². The van der Waals surface area contributed by atoms with E-state index in [2.05, 4.69) is 5.43 Å². The third-order valence-corrected chi connectivity index (χ3v) is 3.66. The van der Waals surface area contributed by atoms with Crippen LogP contribution in [0, 0.1) is 6.92 Å². The Balaban J connectivity index is 2.08. The van der Waals surface area contributed by atoms with Gasteiger partial charge in [-0.3, -0.25) is 4.79 Å². The highest BCUT2D eigenvalue weighted by Gasteiger charge is 2.31. The lowest BCUT2D eigenvalue weighted by Gasteiger charge is -2.24. The van der Waals surface area contributed by atoms with Gasteiger partial charge in [0.15, 0.2) is 0 Å². The van der Waals surface area contributed by atoms with Gasteiger partial charge in [-0.1, -0.05) is 35.9 Å². The number of amides is 3. The first-order valence-electron chi connectivity index (χ1n) is 7.70. The Morgan fingerprint density at radius 1 is 1.15 bits per heavy atom. The van der Waals surface area contributed by atoms with E-state index in [1.54, 1.807) is 0 Å². The van der Waals surface area contributed by atoms with Crippen molar-refractivity contribution in [1.29, 1.82) is 0 Å². The summed E-state index contributed by atoms with van der Waals surface area (Å²) >= 11 is 0. The molecule has 26 heavy (non-hydrogen) atoms. The van der Waals surface area contributed by atoms with Crippen molar-refractivity contribution in [2.24, 2.45) is 0 Å². The Hall–Kier alpha value is -3.03. The fourth-order valence-electron chi connectivity index (χ4n) is 2.21. The number of urea groups is 1. The molecule has 0 unspecified atom stereocenters. The molecule has 2 aromatic carbocycles. The summed E-state index contributed by atoms with van der Waals surface area (Å²) in [5.74, 6) is 0. The first-order valence-corrected chi connectivity index (χ1v) is 7.70. The van der Waals surface area contributed by atoms with E-state index in [1.165, 1.54) is 18.0 Å². The van der Waals surface area contributed by atoms with Crippen molar-refractivity contribution in [3.8, 4) is 0 Å². The predicted octanol–water partition coefficient (Wildman–Crippen LogP) is 3.73. The topological polar surface area (TPSA) is 52.7 Å². The Bertz CT molecular complexity index is 776. The van der Waals surface area contributed by atoms with Gasteiger partial charge in [-0.15, -0.1) is 0 Å². The molecule has 1 N–H and O–H groups in total. The molecule has 0 aliphatic rings. The van der Waals surface area contributed by atoms with Crippen molar-refractivity contribution < 1.29 is 22.8 Å². The largest absolute Gasteiger partial charge is 0.416 e. The zero-order valence-electron chi connectivity index (χ0n) is 14.2. The molecule has 2 rings (SSSR count). The van der Waals surface area contributed by atoms with Crippen molar-refractivity contribution in [2.75, 3.05) is 12.1 Å². The molecule has 3 amide bonds. The standard InChI is InChI=1S/C18H18F3N3O2/c1-13-6-8-14(9-7-13)11-23(2)17(26)22-24(12-25)16-5-3-4-15(10-16)18(19,20)21/h3-10,12H,11H2,1-2H3,(H,22,26). The Morgan fingerprint density at radius 3 is 2.38 bits per heavy atom. The van der Waals surface area contributed by atoms with E-state index in [4.69, 9.17) is 0 Å². The maximum Gasteiger partial charge on any atom is 0.416 e. The molecule has 0 spiro atoms. The number of anilines is 1. The molecule has 0 saturated heterocycles. The maximum absolute atomic E-state index is 12.8. The van der Waals surface area contributed by atoms with Gasteiger partial charge in [-0.05, 0) is 30.7 Å². The summed E-state index contributed by atoms with van der Waals surface area (Å²) in [6.45, 7) is 2.22. The number of hydrogen-bond acceptors (Lipinski definition) is 2. The van der Waals surface area contributed by atoms with Gasteiger partial charge in [0.1, 0.15) is 0 Å². The van der Waals surface area contributed by atoms with Gasteiger partial charge in [0.05, 0.1) is 11.3 Å². The molecule has 0 aliphatic heterocycles. The molecule has 0 atom stereocenters. The van der Waals surface area contributed by atoms with Crippen LogP contribution in [0.3, 0.4) is 0 Å². The van der Waals surface area contributed by atoms with E-state index >= 15 is 0 Å². The molecule has 138 valence electrons.